The van der Waals surface area contributed by atoms with Crippen LogP contribution in [0.2, 0.25) is 4.47 Å². The van der Waals surface area contributed by atoms with E-state index < -0.39 is 0 Å². The minimum absolute atomic E-state index is 0.0294. The standard InChI is InChI=1S/C10H13FTe/c1-2-3-8-12-10-6-4-9(11)5-7-10/h4-7H,2-3,8H2,1H3. The summed E-state index contributed by atoms with van der Waals surface area (Å²) in [6, 6.07) is 6.97. The van der Waals surface area contributed by atoms with Gasteiger partial charge in [0.2, 0.25) is 0 Å². The molecular weight excluding hydrogens is 267 g/mol. The molecule has 0 aromatic heterocycles. The molecule has 1 rings (SSSR count). The van der Waals surface area contributed by atoms with Crippen molar-refractivity contribution in [3.8, 4) is 0 Å². The Kier molecular flexibility index (Phi) is 4.65. The molecule has 0 unspecified atom stereocenters. The molecule has 1 aromatic carbocycles. The van der Waals surface area contributed by atoms with Crippen molar-refractivity contribution in [2.45, 2.75) is 24.2 Å². The molecule has 12 heavy (non-hydrogen) atoms. The number of halogens is 1. The van der Waals surface area contributed by atoms with Crippen LogP contribution in [0, 0.1) is 5.82 Å². The van der Waals surface area contributed by atoms with Gasteiger partial charge in [-0.15, -0.1) is 0 Å². The minimum atomic E-state index is -0.123. The third-order valence-electron chi connectivity index (χ3n) is 1.58. The van der Waals surface area contributed by atoms with Crippen molar-refractivity contribution in [1.82, 2.24) is 0 Å². The Morgan fingerprint density at radius 1 is 1.25 bits per heavy atom. The van der Waals surface area contributed by atoms with Crippen LogP contribution in [0.25, 0.3) is 0 Å². The van der Waals surface area contributed by atoms with Crippen LogP contribution in [0.4, 0.5) is 4.39 Å². The molecule has 0 fully saturated rings. The van der Waals surface area contributed by atoms with E-state index in [4.69, 9.17) is 0 Å². The topological polar surface area (TPSA) is 0 Å². The van der Waals surface area contributed by atoms with Crippen molar-refractivity contribution in [2.24, 2.45) is 0 Å². The molecule has 1 aromatic rings. The molecule has 0 atom stereocenters. The first-order chi connectivity index (χ1) is 5.83. The summed E-state index contributed by atoms with van der Waals surface area (Å²) in [5.41, 5.74) is 0. The molecule has 0 aliphatic rings. The van der Waals surface area contributed by atoms with Crippen LogP contribution < -0.4 is 3.61 Å². The van der Waals surface area contributed by atoms with E-state index in [1.54, 1.807) is 12.1 Å². The Hall–Kier alpha value is -0.0604. The maximum atomic E-state index is 12.5. The van der Waals surface area contributed by atoms with Crippen LogP contribution in [0.3, 0.4) is 0 Å². The van der Waals surface area contributed by atoms with Gasteiger partial charge in [0.05, 0.1) is 0 Å². The molecule has 0 heterocycles. The molecule has 0 aliphatic heterocycles. The monoisotopic (exact) mass is 282 g/mol. The van der Waals surface area contributed by atoms with Gasteiger partial charge in [0.1, 0.15) is 0 Å². The molecule has 66 valence electrons. The van der Waals surface area contributed by atoms with Crippen molar-refractivity contribution >= 4 is 24.5 Å². The normalized spacial score (nSPS) is 10.2. The molecule has 0 amide bonds. The van der Waals surface area contributed by atoms with E-state index in [-0.39, 0.29) is 26.7 Å². The molecule has 0 nitrogen and oxygen atoms in total. The fraction of sp³-hybridized carbons (Fsp3) is 0.400. The van der Waals surface area contributed by atoms with E-state index >= 15 is 0 Å². The zero-order valence-corrected chi connectivity index (χ0v) is 9.55. The average Bonchev–Trinajstić information content (AvgIpc) is 2.09. The summed E-state index contributed by atoms with van der Waals surface area (Å²) in [6.07, 6.45) is 2.59. The average molecular weight is 280 g/mol. The molecule has 0 saturated heterocycles. The fourth-order valence-corrected chi connectivity index (χ4v) is 3.71. The molecular formula is C10H13FTe. The fourth-order valence-electron chi connectivity index (χ4n) is 0.865. The van der Waals surface area contributed by atoms with Gasteiger partial charge in [-0.3, -0.25) is 0 Å². The van der Waals surface area contributed by atoms with E-state index in [1.807, 2.05) is 12.1 Å². The van der Waals surface area contributed by atoms with Gasteiger partial charge in [0.15, 0.2) is 0 Å². The first-order valence-electron chi connectivity index (χ1n) is 4.21. The Morgan fingerprint density at radius 2 is 1.92 bits per heavy atom. The van der Waals surface area contributed by atoms with Crippen molar-refractivity contribution < 1.29 is 4.39 Å². The quantitative estimate of drug-likeness (QED) is 0.586. The van der Waals surface area contributed by atoms with Crippen molar-refractivity contribution in [2.75, 3.05) is 0 Å². The van der Waals surface area contributed by atoms with Crippen LogP contribution in [-0.4, -0.2) is 20.9 Å². The summed E-state index contributed by atoms with van der Waals surface area (Å²) in [4.78, 5) is 0. The first kappa shape index (κ1) is 10.0. The Morgan fingerprint density at radius 3 is 2.50 bits per heavy atom. The van der Waals surface area contributed by atoms with Crippen LogP contribution >= 0.6 is 0 Å². The molecule has 0 aliphatic carbocycles. The Bertz CT molecular complexity index is 218. The molecule has 0 spiro atoms. The zero-order chi connectivity index (χ0) is 8.81. The summed E-state index contributed by atoms with van der Waals surface area (Å²) in [6.45, 7) is 2.21. The van der Waals surface area contributed by atoms with Crippen LogP contribution in [0.15, 0.2) is 24.3 Å². The molecule has 0 radical (unpaired) electrons. The van der Waals surface area contributed by atoms with Crippen LogP contribution in [0.5, 0.6) is 0 Å². The van der Waals surface area contributed by atoms with Gasteiger partial charge in [-0.25, -0.2) is 0 Å². The van der Waals surface area contributed by atoms with Gasteiger partial charge in [0.25, 0.3) is 0 Å². The number of unbranched alkanes of at least 4 members (excludes halogenated alkanes) is 1. The van der Waals surface area contributed by atoms with Crippen LogP contribution in [0.1, 0.15) is 19.8 Å². The molecule has 2 heteroatoms. The Balaban J connectivity index is 2.37. The van der Waals surface area contributed by atoms with E-state index in [0.29, 0.717) is 0 Å². The van der Waals surface area contributed by atoms with Gasteiger partial charge in [0, 0.05) is 0 Å². The van der Waals surface area contributed by atoms with Gasteiger partial charge in [-0.1, -0.05) is 0 Å². The molecule has 0 saturated carbocycles. The number of rotatable bonds is 4. The van der Waals surface area contributed by atoms with Gasteiger partial charge in [-0.05, 0) is 0 Å². The van der Waals surface area contributed by atoms with Gasteiger partial charge in [-0.2, -0.15) is 0 Å². The van der Waals surface area contributed by atoms with Crippen molar-refractivity contribution in [3.63, 3.8) is 0 Å². The number of hydrogen-bond acceptors (Lipinski definition) is 0. The van der Waals surface area contributed by atoms with E-state index in [2.05, 4.69) is 6.92 Å². The number of benzene rings is 1. The molecule has 0 bridgehead atoms. The van der Waals surface area contributed by atoms with Crippen molar-refractivity contribution in [3.05, 3.63) is 30.1 Å². The first-order valence-corrected chi connectivity index (χ1v) is 7.02. The molecule has 0 N–H and O–H groups in total. The van der Waals surface area contributed by atoms with E-state index in [0.717, 1.165) is 0 Å². The Labute approximate surface area is 83.3 Å². The zero-order valence-electron chi connectivity index (χ0n) is 7.22. The maximum absolute atomic E-state index is 12.5. The van der Waals surface area contributed by atoms with Crippen molar-refractivity contribution in [1.29, 1.82) is 0 Å². The second kappa shape index (κ2) is 5.56. The summed E-state index contributed by atoms with van der Waals surface area (Å²) in [7, 11) is 0. The summed E-state index contributed by atoms with van der Waals surface area (Å²) < 4.78 is 15.2. The predicted molar refractivity (Wildman–Crippen MR) is 51.5 cm³/mol. The predicted octanol–water partition coefficient (Wildman–Crippen LogP) is 2.37. The van der Waals surface area contributed by atoms with E-state index in [1.165, 1.54) is 20.9 Å². The van der Waals surface area contributed by atoms with Crippen LogP contribution in [-0.2, 0) is 0 Å². The van der Waals surface area contributed by atoms with E-state index in [9.17, 15) is 4.39 Å². The number of hydrogen-bond donors (Lipinski definition) is 0. The summed E-state index contributed by atoms with van der Waals surface area (Å²) in [5, 5.41) is 0. The summed E-state index contributed by atoms with van der Waals surface area (Å²) in [5.74, 6) is -0.123. The third kappa shape index (κ3) is 3.56. The second-order valence-electron chi connectivity index (χ2n) is 2.66. The summed E-state index contributed by atoms with van der Waals surface area (Å²) >= 11 is -0.0294. The second-order valence-corrected chi connectivity index (χ2v) is 5.99. The SMILES string of the molecule is CCCC[Te]c1ccc(F)cc1. The van der Waals surface area contributed by atoms with Gasteiger partial charge < -0.3 is 0 Å². The van der Waals surface area contributed by atoms with Gasteiger partial charge >= 0.3 is 83.2 Å². The third-order valence-corrected chi connectivity index (χ3v) is 4.71.